The molecule has 1 saturated heterocycles. The molecule has 0 spiro atoms. The highest BCUT2D eigenvalue weighted by molar-refractivity contribution is 5.39. The summed E-state index contributed by atoms with van der Waals surface area (Å²) in [7, 11) is 0. The summed E-state index contributed by atoms with van der Waals surface area (Å²) in [5, 5.41) is 0. The van der Waals surface area contributed by atoms with Crippen LogP contribution in [0.4, 0.5) is 11.6 Å². The number of H-pyrrole nitrogens is 1. The van der Waals surface area contributed by atoms with E-state index in [0.717, 1.165) is 81.3 Å². The van der Waals surface area contributed by atoms with Gasteiger partial charge in [-0.1, -0.05) is 12.1 Å². The molecule has 3 N–H and O–H groups in total. The minimum Gasteiger partial charge on any atom is -0.399 e. The number of hydrogen-bond acceptors (Lipinski definition) is 5. The van der Waals surface area contributed by atoms with E-state index in [9.17, 15) is 4.79 Å². The van der Waals surface area contributed by atoms with Crippen LogP contribution in [0.25, 0.3) is 0 Å². The third-order valence-corrected chi connectivity index (χ3v) is 5.24. The molecule has 1 aliphatic carbocycles. The molecular weight excluding hydrogens is 314 g/mol. The number of nitrogens with two attached hydrogens (primary N) is 1. The van der Waals surface area contributed by atoms with E-state index < -0.39 is 0 Å². The van der Waals surface area contributed by atoms with Crippen molar-refractivity contribution in [3.05, 3.63) is 51.4 Å². The van der Waals surface area contributed by atoms with Crippen molar-refractivity contribution in [3.63, 3.8) is 0 Å². The van der Waals surface area contributed by atoms with Crippen molar-refractivity contribution >= 4 is 11.6 Å². The molecule has 6 nitrogen and oxygen atoms in total. The second-order valence-corrected chi connectivity index (χ2v) is 7.03. The Hall–Kier alpha value is -2.34. The van der Waals surface area contributed by atoms with Crippen molar-refractivity contribution in [2.45, 2.75) is 32.2 Å². The molecule has 1 aromatic heterocycles. The molecule has 0 unspecified atom stereocenters. The fourth-order valence-corrected chi connectivity index (χ4v) is 3.74. The minimum absolute atomic E-state index is 0.0593. The molecule has 0 radical (unpaired) electrons. The van der Waals surface area contributed by atoms with Gasteiger partial charge in [0.25, 0.3) is 5.56 Å². The summed E-state index contributed by atoms with van der Waals surface area (Å²) < 4.78 is 0. The first-order valence-corrected chi connectivity index (χ1v) is 9.13. The van der Waals surface area contributed by atoms with Gasteiger partial charge in [0, 0.05) is 44.0 Å². The number of benzene rings is 1. The lowest BCUT2D eigenvalue weighted by Crippen LogP contribution is -2.47. The lowest BCUT2D eigenvalue weighted by molar-refractivity contribution is 0.248. The highest BCUT2D eigenvalue weighted by Gasteiger charge is 2.22. The van der Waals surface area contributed by atoms with Crippen LogP contribution in [0, 0.1) is 0 Å². The standard InChI is InChI=1S/C19H25N5O/c20-15-7-5-14(6-8-15)13-23-9-11-24(12-10-23)19-21-17-4-2-1-3-16(17)18(25)22-19/h5-8H,1-4,9-13,20H2,(H,21,22,25). The Balaban J connectivity index is 1.41. The summed E-state index contributed by atoms with van der Waals surface area (Å²) in [5.41, 5.74) is 9.80. The van der Waals surface area contributed by atoms with Crippen LogP contribution in [0.5, 0.6) is 0 Å². The molecule has 4 rings (SSSR count). The number of fused-ring (bicyclic) bond motifs is 1. The summed E-state index contributed by atoms with van der Waals surface area (Å²) in [6.45, 7) is 4.63. The average molecular weight is 339 g/mol. The van der Waals surface area contributed by atoms with E-state index >= 15 is 0 Å². The number of nitrogens with one attached hydrogen (secondary N) is 1. The van der Waals surface area contributed by atoms with E-state index in [0.29, 0.717) is 0 Å². The number of nitrogens with zero attached hydrogens (tertiary/aromatic N) is 3. The van der Waals surface area contributed by atoms with E-state index in [2.05, 4.69) is 26.9 Å². The zero-order chi connectivity index (χ0) is 17.2. The first-order valence-electron chi connectivity index (χ1n) is 9.13. The Morgan fingerprint density at radius 2 is 1.76 bits per heavy atom. The Bertz CT molecular complexity index is 790. The van der Waals surface area contributed by atoms with Crippen LogP contribution in [0.1, 0.15) is 29.7 Å². The lowest BCUT2D eigenvalue weighted by Gasteiger charge is -2.35. The number of anilines is 2. The summed E-state index contributed by atoms with van der Waals surface area (Å²) >= 11 is 0. The lowest BCUT2D eigenvalue weighted by atomic mass is 9.97. The third-order valence-electron chi connectivity index (χ3n) is 5.24. The summed E-state index contributed by atoms with van der Waals surface area (Å²) in [4.78, 5) is 24.7. The van der Waals surface area contributed by atoms with Gasteiger partial charge in [0.05, 0.1) is 5.69 Å². The third kappa shape index (κ3) is 3.54. The van der Waals surface area contributed by atoms with Crippen molar-refractivity contribution < 1.29 is 0 Å². The smallest absolute Gasteiger partial charge is 0.255 e. The number of aromatic nitrogens is 2. The zero-order valence-electron chi connectivity index (χ0n) is 14.5. The fourth-order valence-electron chi connectivity index (χ4n) is 3.74. The molecule has 2 aromatic rings. The Morgan fingerprint density at radius 3 is 2.52 bits per heavy atom. The van der Waals surface area contributed by atoms with Crippen molar-refractivity contribution in [1.82, 2.24) is 14.9 Å². The van der Waals surface area contributed by atoms with E-state index in [1.165, 1.54) is 5.56 Å². The number of rotatable bonds is 3. The number of nitrogen functional groups attached to an aromatic ring is 1. The van der Waals surface area contributed by atoms with Gasteiger partial charge in [0.1, 0.15) is 0 Å². The molecule has 6 heteroatoms. The second kappa shape index (κ2) is 6.88. The SMILES string of the molecule is Nc1ccc(CN2CCN(c3nc4c(c(=O)[nH]3)CCCC4)CC2)cc1. The van der Waals surface area contributed by atoms with Crippen LogP contribution in [0.15, 0.2) is 29.1 Å². The van der Waals surface area contributed by atoms with Crippen LogP contribution in [0.3, 0.4) is 0 Å². The van der Waals surface area contributed by atoms with Gasteiger partial charge < -0.3 is 10.6 Å². The summed E-state index contributed by atoms with van der Waals surface area (Å²) in [6, 6.07) is 8.08. The Morgan fingerprint density at radius 1 is 1.04 bits per heavy atom. The molecule has 0 amide bonds. The van der Waals surface area contributed by atoms with Crippen molar-refractivity contribution in [1.29, 1.82) is 0 Å². The van der Waals surface area contributed by atoms with Crippen molar-refractivity contribution in [2.75, 3.05) is 36.8 Å². The first-order chi connectivity index (χ1) is 12.2. The molecular formula is C19H25N5O. The number of piperazine rings is 1. The van der Waals surface area contributed by atoms with Crippen LogP contribution in [-0.4, -0.2) is 41.0 Å². The van der Waals surface area contributed by atoms with E-state index in [4.69, 9.17) is 10.7 Å². The van der Waals surface area contributed by atoms with Crippen molar-refractivity contribution in [3.8, 4) is 0 Å². The minimum atomic E-state index is 0.0593. The number of aryl methyl sites for hydroxylation is 1. The van der Waals surface area contributed by atoms with Gasteiger partial charge in [-0.25, -0.2) is 4.98 Å². The monoisotopic (exact) mass is 339 g/mol. The highest BCUT2D eigenvalue weighted by Crippen LogP contribution is 2.19. The van der Waals surface area contributed by atoms with Crippen LogP contribution in [-0.2, 0) is 19.4 Å². The molecule has 0 bridgehead atoms. The van der Waals surface area contributed by atoms with E-state index in [-0.39, 0.29) is 5.56 Å². The molecule has 1 aromatic carbocycles. The van der Waals surface area contributed by atoms with Crippen molar-refractivity contribution in [2.24, 2.45) is 0 Å². The predicted molar refractivity (Wildman–Crippen MR) is 99.8 cm³/mol. The van der Waals surface area contributed by atoms with E-state index in [1.807, 2.05) is 12.1 Å². The molecule has 2 aliphatic rings. The van der Waals surface area contributed by atoms with Gasteiger partial charge in [-0.3, -0.25) is 14.7 Å². The van der Waals surface area contributed by atoms with Crippen LogP contribution < -0.4 is 16.2 Å². The topological polar surface area (TPSA) is 78.2 Å². The molecule has 2 heterocycles. The second-order valence-electron chi connectivity index (χ2n) is 7.03. The van der Waals surface area contributed by atoms with Gasteiger partial charge in [0.15, 0.2) is 0 Å². The van der Waals surface area contributed by atoms with Gasteiger partial charge in [0.2, 0.25) is 5.95 Å². The van der Waals surface area contributed by atoms with Crippen LogP contribution >= 0.6 is 0 Å². The van der Waals surface area contributed by atoms with E-state index in [1.54, 1.807) is 0 Å². The Kier molecular flexibility index (Phi) is 4.44. The summed E-state index contributed by atoms with van der Waals surface area (Å²) in [6.07, 6.45) is 4.04. The average Bonchev–Trinajstić information content (AvgIpc) is 2.64. The molecule has 132 valence electrons. The van der Waals surface area contributed by atoms with Gasteiger partial charge in [-0.2, -0.15) is 0 Å². The molecule has 25 heavy (non-hydrogen) atoms. The van der Waals surface area contributed by atoms with Gasteiger partial charge in [-0.05, 0) is 43.4 Å². The number of aromatic amines is 1. The molecule has 0 saturated carbocycles. The normalized spacial score (nSPS) is 18.2. The number of hydrogen-bond donors (Lipinski definition) is 2. The van der Waals surface area contributed by atoms with Gasteiger partial charge in [-0.15, -0.1) is 0 Å². The van der Waals surface area contributed by atoms with Gasteiger partial charge >= 0.3 is 0 Å². The maximum absolute atomic E-state index is 12.3. The molecule has 0 atom stereocenters. The largest absolute Gasteiger partial charge is 0.399 e. The maximum Gasteiger partial charge on any atom is 0.255 e. The fraction of sp³-hybridized carbons (Fsp3) is 0.474. The predicted octanol–water partition coefficient (Wildman–Crippen LogP) is 1.55. The Labute approximate surface area is 147 Å². The van der Waals surface area contributed by atoms with Crippen LogP contribution in [0.2, 0.25) is 0 Å². The first kappa shape index (κ1) is 16.1. The highest BCUT2D eigenvalue weighted by atomic mass is 16.1. The molecule has 1 aliphatic heterocycles. The maximum atomic E-state index is 12.3. The quantitative estimate of drug-likeness (QED) is 0.830. The zero-order valence-corrected chi connectivity index (χ0v) is 14.5. The molecule has 1 fully saturated rings. The summed E-state index contributed by atoms with van der Waals surface area (Å²) in [5.74, 6) is 0.748.